The Hall–Kier alpha value is -1.14. The van der Waals surface area contributed by atoms with Crippen LogP contribution in [0.5, 0.6) is 0 Å². The SMILES string of the molecule is COC(=O)c1ccc(S(C)(=O)=O)c(CC[Si](C)(C)C)c1. The summed E-state index contributed by atoms with van der Waals surface area (Å²) >= 11 is 0. The minimum Gasteiger partial charge on any atom is -0.465 e. The molecule has 4 nitrogen and oxygen atoms in total. The molecule has 0 aliphatic heterocycles. The number of carbonyl (C=O) groups excluding carboxylic acids is 1. The monoisotopic (exact) mass is 314 g/mol. The molecule has 6 heteroatoms. The Balaban J connectivity index is 3.23. The molecule has 0 amide bonds. The lowest BCUT2D eigenvalue weighted by Crippen LogP contribution is -2.20. The molecule has 0 aliphatic carbocycles. The van der Waals surface area contributed by atoms with Crippen molar-refractivity contribution < 1.29 is 17.9 Å². The van der Waals surface area contributed by atoms with E-state index < -0.39 is 23.9 Å². The summed E-state index contributed by atoms with van der Waals surface area (Å²) in [7, 11) is -3.26. The maximum absolute atomic E-state index is 11.8. The van der Waals surface area contributed by atoms with Gasteiger partial charge in [-0.2, -0.15) is 0 Å². The number of aryl methyl sites for hydroxylation is 1. The molecular formula is C14H22O4SSi. The summed E-state index contributed by atoms with van der Waals surface area (Å²) in [5.41, 5.74) is 1.10. The minimum atomic E-state index is -3.29. The van der Waals surface area contributed by atoms with Gasteiger partial charge >= 0.3 is 5.97 Å². The minimum absolute atomic E-state index is 0.309. The highest BCUT2D eigenvalue weighted by molar-refractivity contribution is 7.90. The first kappa shape index (κ1) is 16.9. The summed E-state index contributed by atoms with van der Waals surface area (Å²) in [6, 6.07) is 5.61. The second-order valence-corrected chi connectivity index (χ2v) is 13.8. The molecule has 1 rings (SSSR count). The van der Waals surface area contributed by atoms with Crippen LogP contribution in [0.1, 0.15) is 15.9 Å². The summed E-state index contributed by atoms with van der Waals surface area (Å²) in [6.45, 7) is 6.70. The third kappa shape index (κ3) is 4.75. The molecule has 20 heavy (non-hydrogen) atoms. The maximum Gasteiger partial charge on any atom is 0.337 e. The zero-order valence-corrected chi connectivity index (χ0v) is 14.5. The molecule has 0 radical (unpaired) electrons. The Kier molecular flexibility index (Phi) is 5.15. The predicted molar refractivity (Wildman–Crippen MR) is 82.7 cm³/mol. The fourth-order valence-corrected chi connectivity index (χ4v) is 3.86. The topological polar surface area (TPSA) is 60.4 Å². The number of hydrogen-bond acceptors (Lipinski definition) is 4. The highest BCUT2D eigenvalue weighted by Crippen LogP contribution is 2.22. The van der Waals surface area contributed by atoms with E-state index in [0.717, 1.165) is 6.04 Å². The van der Waals surface area contributed by atoms with Crippen LogP contribution >= 0.6 is 0 Å². The summed E-state index contributed by atoms with van der Waals surface area (Å²) in [5, 5.41) is 0. The third-order valence-electron chi connectivity index (χ3n) is 3.03. The maximum atomic E-state index is 11.8. The number of sulfone groups is 1. The van der Waals surface area contributed by atoms with Crippen molar-refractivity contribution >= 4 is 23.9 Å². The number of carbonyl (C=O) groups is 1. The average Bonchev–Trinajstić information content (AvgIpc) is 2.33. The predicted octanol–water partition coefficient (Wildman–Crippen LogP) is 2.76. The van der Waals surface area contributed by atoms with Crippen LogP contribution in [0.2, 0.25) is 25.7 Å². The summed E-state index contributed by atoms with van der Waals surface area (Å²) in [5.74, 6) is -0.445. The first-order chi connectivity index (χ1) is 9.04. The van der Waals surface area contributed by atoms with Crippen LogP contribution in [0.3, 0.4) is 0 Å². The fourth-order valence-electron chi connectivity index (χ4n) is 1.89. The molecule has 1 aromatic carbocycles. The van der Waals surface area contributed by atoms with Gasteiger partial charge < -0.3 is 4.74 Å². The van der Waals surface area contributed by atoms with E-state index in [9.17, 15) is 13.2 Å². The highest BCUT2D eigenvalue weighted by atomic mass is 32.2. The van der Waals surface area contributed by atoms with Gasteiger partial charge in [-0.05, 0) is 30.2 Å². The standard InChI is InChI=1S/C14H22O4SSi/c1-18-14(15)12-6-7-13(19(2,16)17)11(10-12)8-9-20(3,4)5/h6-7,10H,8-9H2,1-5H3. The van der Waals surface area contributed by atoms with E-state index in [-0.39, 0.29) is 0 Å². The van der Waals surface area contributed by atoms with Crippen molar-refractivity contribution in [2.24, 2.45) is 0 Å². The molecule has 0 aromatic heterocycles. The normalized spacial score (nSPS) is 12.2. The molecule has 0 spiro atoms. The van der Waals surface area contributed by atoms with Crippen LogP contribution < -0.4 is 0 Å². The smallest absolute Gasteiger partial charge is 0.337 e. The van der Waals surface area contributed by atoms with Crippen molar-refractivity contribution in [2.45, 2.75) is 37.0 Å². The largest absolute Gasteiger partial charge is 0.465 e. The van der Waals surface area contributed by atoms with Crippen molar-refractivity contribution in [3.8, 4) is 0 Å². The summed E-state index contributed by atoms with van der Waals surface area (Å²) < 4.78 is 28.3. The van der Waals surface area contributed by atoms with Gasteiger partial charge in [0.15, 0.2) is 9.84 Å². The second-order valence-electron chi connectivity index (χ2n) is 6.15. The lowest BCUT2D eigenvalue weighted by atomic mass is 10.1. The molecule has 0 saturated carbocycles. The van der Waals surface area contributed by atoms with E-state index in [0.29, 0.717) is 22.4 Å². The van der Waals surface area contributed by atoms with E-state index >= 15 is 0 Å². The van der Waals surface area contributed by atoms with Crippen LogP contribution in [0.25, 0.3) is 0 Å². The summed E-state index contributed by atoms with van der Waals surface area (Å²) in [4.78, 5) is 11.9. The molecule has 0 unspecified atom stereocenters. The molecule has 0 aliphatic rings. The second kappa shape index (κ2) is 6.09. The molecular weight excluding hydrogens is 292 g/mol. The molecule has 0 heterocycles. The van der Waals surface area contributed by atoms with E-state index in [1.54, 1.807) is 6.07 Å². The lowest BCUT2D eigenvalue weighted by Gasteiger charge is -2.17. The summed E-state index contributed by atoms with van der Waals surface area (Å²) in [6.07, 6.45) is 1.86. The zero-order chi connectivity index (χ0) is 15.6. The third-order valence-corrected chi connectivity index (χ3v) is 5.97. The van der Waals surface area contributed by atoms with Crippen molar-refractivity contribution in [3.05, 3.63) is 29.3 Å². The number of ether oxygens (including phenoxy) is 1. The molecule has 0 atom stereocenters. The number of benzene rings is 1. The van der Waals surface area contributed by atoms with Gasteiger partial charge in [0, 0.05) is 14.3 Å². The number of methoxy groups -OCH3 is 1. The molecule has 112 valence electrons. The van der Waals surface area contributed by atoms with Crippen LogP contribution in [0.4, 0.5) is 0 Å². The van der Waals surface area contributed by atoms with Crippen molar-refractivity contribution in [1.82, 2.24) is 0 Å². The quantitative estimate of drug-likeness (QED) is 0.619. The van der Waals surface area contributed by atoms with E-state index in [4.69, 9.17) is 0 Å². The van der Waals surface area contributed by atoms with Gasteiger partial charge in [0.05, 0.1) is 17.6 Å². The Morgan fingerprint density at radius 2 is 1.85 bits per heavy atom. The zero-order valence-electron chi connectivity index (χ0n) is 12.7. The van der Waals surface area contributed by atoms with Crippen LogP contribution in [-0.4, -0.2) is 35.8 Å². The van der Waals surface area contributed by atoms with Crippen molar-refractivity contribution in [1.29, 1.82) is 0 Å². The van der Waals surface area contributed by atoms with Gasteiger partial charge in [-0.1, -0.05) is 25.7 Å². The van der Waals surface area contributed by atoms with Crippen LogP contribution in [0.15, 0.2) is 23.1 Å². The lowest BCUT2D eigenvalue weighted by molar-refractivity contribution is 0.0600. The van der Waals surface area contributed by atoms with Crippen LogP contribution in [0, 0.1) is 0 Å². The Morgan fingerprint density at radius 3 is 2.30 bits per heavy atom. The molecule has 0 bridgehead atoms. The van der Waals surface area contributed by atoms with Gasteiger partial charge in [-0.3, -0.25) is 0 Å². The van der Waals surface area contributed by atoms with Gasteiger partial charge in [-0.25, -0.2) is 13.2 Å². The van der Waals surface area contributed by atoms with E-state index in [1.165, 1.54) is 25.5 Å². The number of hydrogen-bond donors (Lipinski definition) is 0. The highest BCUT2D eigenvalue weighted by Gasteiger charge is 2.19. The number of rotatable bonds is 5. The van der Waals surface area contributed by atoms with Gasteiger partial charge in [0.2, 0.25) is 0 Å². The van der Waals surface area contributed by atoms with Crippen molar-refractivity contribution in [2.75, 3.05) is 13.4 Å². The molecule has 0 N–H and O–H groups in total. The van der Waals surface area contributed by atoms with Crippen LogP contribution in [-0.2, 0) is 21.0 Å². The molecule has 0 fully saturated rings. The average molecular weight is 314 g/mol. The Labute approximate surface area is 122 Å². The Bertz CT molecular complexity index is 600. The molecule has 0 saturated heterocycles. The van der Waals surface area contributed by atoms with Crippen molar-refractivity contribution in [3.63, 3.8) is 0 Å². The number of esters is 1. The van der Waals surface area contributed by atoms with Gasteiger partial charge in [0.25, 0.3) is 0 Å². The van der Waals surface area contributed by atoms with Gasteiger partial charge in [0.1, 0.15) is 0 Å². The Morgan fingerprint density at radius 1 is 1.25 bits per heavy atom. The molecule has 1 aromatic rings. The van der Waals surface area contributed by atoms with E-state index in [1.807, 2.05) is 0 Å². The first-order valence-electron chi connectivity index (χ1n) is 6.46. The first-order valence-corrected chi connectivity index (χ1v) is 12.1. The fraction of sp³-hybridized carbons (Fsp3) is 0.500. The van der Waals surface area contributed by atoms with Gasteiger partial charge in [-0.15, -0.1) is 0 Å². The van der Waals surface area contributed by atoms with E-state index in [2.05, 4.69) is 24.4 Å².